The van der Waals surface area contributed by atoms with E-state index in [9.17, 15) is 4.79 Å². The summed E-state index contributed by atoms with van der Waals surface area (Å²) in [4.78, 5) is 17.1. The zero-order valence-electron chi connectivity index (χ0n) is 14.4. The molecule has 3 rings (SSSR count). The van der Waals surface area contributed by atoms with Crippen LogP contribution in [0.4, 0.5) is 4.79 Å². The normalized spacial score (nSPS) is 22.5. The molecule has 0 spiro atoms. The molecule has 0 radical (unpaired) electrons. The molecule has 134 valence electrons. The Hall–Kier alpha value is -1.60. The first kappa shape index (κ1) is 17.2. The Balaban J connectivity index is 1.43. The van der Waals surface area contributed by atoms with E-state index in [4.69, 9.17) is 4.74 Å². The van der Waals surface area contributed by atoms with Crippen LogP contribution >= 0.6 is 0 Å². The average Bonchev–Trinajstić information content (AvgIpc) is 3.14. The molecule has 1 aromatic rings. The van der Waals surface area contributed by atoms with E-state index in [1.165, 1.54) is 6.42 Å². The number of hydrogen-bond acceptors (Lipinski definition) is 4. The number of piperidine rings is 1. The second kappa shape index (κ2) is 9.03. The largest absolute Gasteiger partial charge is 0.379 e. The number of nitrogens with zero attached hydrogens (tertiary/aromatic N) is 3. The van der Waals surface area contributed by atoms with E-state index in [0.29, 0.717) is 12.6 Å². The summed E-state index contributed by atoms with van der Waals surface area (Å²) in [6, 6.07) is 0.459. The molecular formula is C17H29N5O2. The summed E-state index contributed by atoms with van der Waals surface area (Å²) >= 11 is 0. The van der Waals surface area contributed by atoms with Crippen LogP contribution in [-0.2, 0) is 11.2 Å². The van der Waals surface area contributed by atoms with Crippen LogP contribution in [0.3, 0.4) is 0 Å². The van der Waals surface area contributed by atoms with E-state index in [2.05, 4.69) is 25.3 Å². The first-order chi connectivity index (χ1) is 11.8. The van der Waals surface area contributed by atoms with Gasteiger partial charge >= 0.3 is 6.03 Å². The Bertz CT molecular complexity index is 487. The Morgan fingerprint density at radius 3 is 3.00 bits per heavy atom. The standard InChI is InChI=1S/C17H29N5O2/c23-17(18-6-4-15-13-19-20-14-15)22-7-2-1-3-16(22)5-8-21-9-11-24-12-10-21/h13-14,16H,1-12H2,(H,18,23)(H,19,20). The highest BCUT2D eigenvalue weighted by Gasteiger charge is 2.27. The second-order valence-corrected chi connectivity index (χ2v) is 6.67. The smallest absolute Gasteiger partial charge is 0.317 e. The summed E-state index contributed by atoms with van der Waals surface area (Å²) in [5.41, 5.74) is 1.12. The summed E-state index contributed by atoms with van der Waals surface area (Å²) in [6.45, 7) is 6.31. The Kier molecular flexibility index (Phi) is 6.48. The molecule has 2 fully saturated rings. The molecule has 3 heterocycles. The van der Waals surface area contributed by atoms with Gasteiger partial charge in [0.25, 0.3) is 0 Å². The zero-order chi connectivity index (χ0) is 16.6. The van der Waals surface area contributed by atoms with Crippen molar-refractivity contribution >= 4 is 6.03 Å². The fourth-order valence-corrected chi connectivity index (χ4v) is 3.55. The highest BCUT2D eigenvalue weighted by atomic mass is 16.5. The van der Waals surface area contributed by atoms with Gasteiger partial charge in [-0.15, -0.1) is 0 Å². The number of H-pyrrole nitrogens is 1. The highest BCUT2D eigenvalue weighted by molar-refractivity contribution is 5.74. The van der Waals surface area contributed by atoms with Crippen LogP contribution in [0.5, 0.6) is 0 Å². The SMILES string of the molecule is O=C(NCCc1cn[nH]c1)N1CCCCC1CCN1CCOCC1. The molecule has 24 heavy (non-hydrogen) atoms. The number of carbonyl (C=O) groups is 1. The molecule has 0 aliphatic carbocycles. The summed E-state index contributed by atoms with van der Waals surface area (Å²) in [7, 11) is 0. The van der Waals surface area contributed by atoms with Crippen molar-refractivity contribution in [3.8, 4) is 0 Å². The van der Waals surface area contributed by atoms with E-state index in [0.717, 1.165) is 70.6 Å². The Labute approximate surface area is 143 Å². The van der Waals surface area contributed by atoms with Crippen LogP contribution in [0.25, 0.3) is 0 Å². The highest BCUT2D eigenvalue weighted by Crippen LogP contribution is 2.20. The first-order valence-electron chi connectivity index (χ1n) is 9.15. The quantitative estimate of drug-likeness (QED) is 0.820. The van der Waals surface area contributed by atoms with Gasteiger partial charge in [0.2, 0.25) is 0 Å². The van der Waals surface area contributed by atoms with Crippen molar-refractivity contribution in [1.29, 1.82) is 0 Å². The van der Waals surface area contributed by atoms with Gasteiger partial charge in [0.1, 0.15) is 0 Å². The average molecular weight is 335 g/mol. The molecule has 2 amide bonds. The number of amides is 2. The molecule has 1 unspecified atom stereocenters. The van der Waals surface area contributed by atoms with Crippen molar-refractivity contribution in [1.82, 2.24) is 25.3 Å². The van der Waals surface area contributed by atoms with Gasteiger partial charge in [0.05, 0.1) is 19.4 Å². The number of aromatic nitrogens is 2. The molecule has 1 aromatic heterocycles. The molecule has 0 bridgehead atoms. The van der Waals surface area contributed by atoms with E-state index >= 15 is 0 Å². The molecule has 2 aliphatic rings. The van der Waals surface area contributed by atoms with Crippen LogP contribution in [-0.4, -0.2) is 78.0 Å². The number of likely N-dealkylation sites (tertiary alicyclic amines) is 1. The lowest BCUT2D eigenvalue weighted by Crippen LogP contribution is -2.50. The van der Waals surface area contributed by atoms with Crippen molar-refractivity contribution in [2.24, 2.45) is 0 Å². The maximum absolute atomic E-state index is 12.5. The third kappa shape index (κ3) is 4.95. The third-order valence-electron chi connectivity index (χ3n) is 5.02. The summed E-state index contributed by atoms with van der Waals surface area (Å²) in [5, 5.41) is 9.80. The molecule has 2 saturated heterocycles. The van der Waals surface area contributed by atoms with Crippen LogP contribution in [0, 0.1) is 0 Å². The monoisotopic (exact) mass is 335 g/mol. The lowest BCUT2D eigenvalue weighted by atomic mass is 9.99. The summed E-state index contributed by atoms with van der Waals surface area (Å²) < 4.78 is 5.40. The number of aromatic amines is 1. The predicted octanol–water partition coefficient (Wildman–Crippen LogP) is 1.24. The van der Waals surface area contributed by atoms with Gasteiger partial charge in [-0.05, 0) is 37.7 Å². The fourth-order valence-electron chi connectivity index (χ4n) is 3.55. The molecule has 2 aliphatic heterocycles. The minimum absolute atomic E-state index is 0.0881. The van der Waals surface area contributed by atoms with Gasteiger partial charge in [-0.25, -0.2) is 4.79 Å². The van der Waals surface area contributed by atoms with Crippen LogP contribution in [0.2, 0.25) is 0 Å². The van der Waals surface area contributed by atoms with E-state index in [1.807, 2.05) is 6.20 Å². The lowest BCUT2D eigenvalue weighted by Gasteiger charge is -2.37. The van der Waals surface area contributed by atoms with Crippen molar-refractivity contribution in [2.75, 3.05) is 45.9 Å². The van der Waals surface area contributed by atoms with Crippen molar-refractivity contribution in [3.05, 3.63) is 18.0 Å². The van der Waals surface area contributed by atoms with Crippen LogP contribution < -0.4 is 5.32 Å². The number of ether oxygens (including phenoxy) is 1. The minimum Gasteiger partial charge on any atom is -0.379 e. The van der Waals surface area contributed by atoms with Gasteiger partial charge in [-0.1, -0.05) is 0 Å². The lowest BCUT2D eigenvalue weighted by molar-refractivity contribution is 0.0326. The van der Waals surface area contributed by atoms with Gasteiger partial charge in [0.15, 0.2) is 0 Å². The molecule has 2 N–H and O–H groups in total. The number of hydrogen-bond donors (Lipinski definition) is 2. The van der Waals surface area contributed by atoms with Gasteiger partial charge in [-0.2, -0.15) is 5.10 Å². The van der Waals surface area contributed by atoms with Crippen molar-refractivity contribution in [3.63, 3.8) is 0 Å². The topological polar surface area (TPSA) is 73.5 Å². The molecule has 0 aromatic carbocycles. The second-order valence-electron chi connectivity index (χ2n) is 6.67. The maximum atomic E-state index is 12.5. The van der Waals surface area contributed by atoms with Gasteiger partial charge in [0, 0.05) is 45.0 Å². The maximum Gasteiger partial charge on any atom is 0.317 e. The number of morpholine rings is 1. The fraction of sp³-hybridized carbons (Fsp3) is 0.765. The Morgan fingerprint density at radius 1 is 1.33 bits per heavy atom. The summed E-state index contributed by atoms with van der Waals surface area (Å²) in [6.07, 6.45) is 9.02. The van der Waals surface area contributed by atoms with Gasteiger partial charge < -0.3 is 15.0 Å². The number of carbonyl (C=O) groups excluding carboxylic acids is 1. The molecule has 0 saturated carbocycles. The minimum atomic E-state index is 0.0881. The zero-order valence-corrected chi connectivity index (χ0v) is 14.4. The van der Waals surface area contributed by atoms with E-state index in [1.54, 1.807) is 6.20 Å². The first-order valence-corrected chi connectivity index (χ1v) is 9.15. The van der Waals surface area contributed by atoms with Gasteiger partial charge in [-0.3, -0.25) is 10.00 Å². The van der Waals surface area contributed by atoms with Crippen molar-refractivity contribution < 1.29 is 9.53 Å². The predicted molar refractivity (Wildman–Crippen MR) is 91.9 cm³/mol. The number of urea groups is 1. The molecule has 7 nitrogen and oxygen atoms in total. The third-order valence-corrected chi connectivity index (χ3v) is 5.02. The molecule has 7 heteroatoms. The number of rotatable bonds is 6. The van der Waals surface area contributed by atoms with E-state index < -0.39 is 0 Å². The van der Waals surface area contributed by atoms with Crippen molar-refractivity contribution in [2.45, 2.75) is 38.1 Å². The molecule has 1 atom stereocenters. The van der Waals surface area contributed by atoms with E-state index in [-0.39, 0.29) is 6.03 Å². The number of nitrogens with one attached hydrogen (secondary N) is 2. The van der Waals surface area contributed by atoms with Crippen LogP contribution in [0.15, 0.2) is 12.4 Å². The summed E-state index contributed by atoms with van der Waals surface area (Å²) in [5.74, 6) is 0. The van der Waals surface area contributed by atoms with Crippen LogP contribution in [0.1, 0.15) is 31.2 Å². The molecular weight excluding hydrogens is 306 g/mol. The Morgan fingerprint density at radius 2 is 2.21 bits per heavy atom.